The van der Waals surface area contributed by atoms with Gasteiger partial charge in [-0.2, -0.15) is 5.10 Å². The molecule has 2 heterocycles. The van der Waals surface area contributed by atoms with E-state index in [1.807, 2.05) is 43.3 Å². The number of aryl methyl sites for hydroxylation is 1. The quantitative estimate of drug-likeness (QED) is 0.710. The molecular weight excluding hydrogens is 234 g/mol. The second-order valence-corrected chi connectivity index (χ2v) is 4.31. The van der Waals surface area contributed by atoms with Gasteiger partial charge in [-0.3, -0.25) is 5.10 Å². The van der Waals surface area contributed by atoms with Crippen LogP contribution in [0.15, 0.2) is 36.4 Å². The van der Waals surface area contributed by atoms with E-state index in [0.29, 0.717) is 5.02 Å². The molecular formula is C13H10ClN3. The molecule has 0 spiro atoms. The largest absolute Gasteiger partial charge is 0.275 e. The summed E-state index contributed by atoms with van der Waals surface area (Å²) in [6, 6.07) is 11.8. The van der Waals surface area contributed by atoms with E-state index in [4.69, 9.17) is 11.6 Å². The van der Waals surface area contributed by atoms with Crippen LogP contribution in [0.1, 0.15) is 5.69 Å². The highest BCUT2D eigenvalue weighted by atomic mass is 35.5. The molecule has 17 heavy (non-hydrogen) atoms. The number of nitrogens with one attached hydrogen (secondary N) is 1. The normalized spacial score (nSPS) is 10.9. The molecule has 3 rings (SSSR count). The fraction of sp³-hybridized carbons (Fsp3) is 0.0769. The second kappa shape index (κ2) is 3.86. The van der Waals surface area contributed by atoms with Gasteiger partial charge in [0.05, 0.1) is 10.7 Å². The number of hydrogen-bond acceptors (Lipinski definition) is 2. The molecule has 3 aromatic rings. The minimum atomic E-state index is 0.630. The molecule has 0 atom stereocenters. The van der Waals surface area contributed by atoms with Crippen molar-refractivity contribution in [2.45, 2.75) is 6.92 Å². The summed E-state index contributed by atoms with van der Waals surface area (Å²) in [5.74, 6) is 0. The fourth-order valence-corrected chi connectivity index (χ4v) is 2.17. The van der Waals surface area contributed by atoms with Gasteiger partial charge in [-0.15, -0.1) is 0 Å². The smallest absolute Gasteiger partial charge is 0.130 e. The van der Waals surface area contributed by atoms with Gasteiger partial charge in [0.25, 0.3) is 0 Å². The van der Waals surface area contributed by atoms with Gasteiger partial charge in [0.15, 0.2) is 0 Å². The number of hydrogen-bond donors (Lipinski definition) is 1. The summed E-state index contributed by atoms with van der Waals surface area (Å²) < 4.78 is 0. The minimum Gasteiger partial charge on any atom is -0.275 e. The SMILES string of the molecule is Cc1cc(Cl)c2n[nH]c(-c3ccccc3)c2n1. The summed E-state index contributed by atoms with van der Waals surface area (Å²) in [5.41, 5.74) is 4.40. The Bertz CT molecular complexity index is 674. The monoisotopic (exact) mass is 243 g/mol. The topological polar surface area (TPSA) is 41.6 Å². The van der Waals surface area contributed by atoms with Crippen LogP contribution in [-0.2, 0) is 0 Å². The third kappa shape index (κ3) is 1.68. The van der Waals surface area contributed by atoms with E-state index in [1.165, 1.54) is 0 Å². The van der Waals surface area contributed by atoms with Crippen molar-refractivity contribution in [1.82, 2.24) is 15.2 Å². The number of aromatic nitrogens is 3. The van der Waals surface area contributed by atoms with E-state index >= 15 is 0 Å². The standard InChI is InChI=1S/C13H10ClN3/c1-8-7-10(14)12-13(15-8)11(16-17-12)9-5-3-2-4-6-9/h2-7H,1H3,(H,16,17). The Balaban J connectivity index is 2.32. The lowest BCUT2D eigenvalue weighted by Crippen LogP contribution is -1.84. The average molecular weight is 244 g/mol. The molecule has 0 bridgehead atoms. The van der Waals surface area contributed by atoms with E-state index in [-0.39, 0.29) is 0 Å². The molecule has 0 fully saturated rings. The highest BCUT2D eigenvalue weighted by Gasteiger charge is 2.11. The third-order valence-electron chi connectivity index (χ3n) is 2.65. The summed E-state index contributed by atoms with van der Waals surface area (Å²) in [6.45, 7) is 1.92. The molecule has 4 heteroatoms. The van der Waals surface area contributed by atoms with Crippen molar-refractivity contribution < 1.29 is 0 Å². The number of benzene rings is 1. The van der Waals surface area contributed by atoms with Gasteiger partial charge in [0.1, 0.15) is 11.0 Å². The lowest BCUT2D eigenvalue weighted by molar-refractivity contribution is 1.12. The number of fused-ring (bicyclic) bond motifs is 1. The highest BCUT2D eigenvalue weighted by molar-refractivity contribution is 6.35. The van der Waals surface area contributed by atoms with Crippen LogP contribution >= 0.6 is 11.6 Å². The van der Waals surface area contributed by atoms with Crippen molar-refractivity contribution in [1.29, 1.82) is 0 Å². The highest BCUT2D eigenvalue weighted by Crippen LogP contribution is 2.28. The molecule has 3 nitrogen and oxygen atoms in total. The predicted octanol–water partition coefficient (Wildman–Crippen LogP) is 3.59. The minimum absolute atomic E-state index is 0.630. The Morgan fingerprint density at radius 2 is 1.88 bits per heavy atom. The summed E-state index contributed by atoms with van der Waals surface area (Å²) in [5, 5.41) is 7.85. The number of halogens is 1. The van der Waals surface area contributed by atoms with Crippen LogP contribution in [0.3, 0.4) is 0 Å². The molecule has 2 aromatic heterocycles. The first-order valence-corrected chi connectivity index (χ1v) is 5.70. The lowest BCUT2D eigenvalue weighted by Gasteiger charge is -1.99. The van der Waals surface area contributed by atoms with Crippen molar-refractivity contribution >= 4 is 22.6 Å². The molecule has 1 N–H and O–H groups in total. The number of H-pyrrole nitrogens is 1. The van der Waals surface area contributed by atoms with Gasteiger partial charge in [-0.25, -0.2) is 4.98 Å². The van der Waals surface area contributed by atoms with Crippen LogP contribution in [0, 0.1) is 6.92 Å². The number of pyridine rings is 1. The van der Waals surface area contributed by atoms with E-state index in [2.05, 4.69) is 15.2 Å². The van der Waals surface area contributed by atoms with E-state index in [1.54, 1.807) is 0 Å². The van der Waals surface area contributed by atoms with Crippen LogP contribution in [0.2, 0.25) is 5.02 Å². The molecule has 0 radical (unpaired) electrons. The van der Waals surface area contributed by atoms with Crippen molar-refractivity contribution in [2.75, 3.05) is 0 Å². The van der Waals surface area contributed by atoms with Gasteiger partial charge in [0.2, 0.25) is 0 Å². The number of aromatic amines is 1. The molecule has 1 aromatic carbocycles. The summed E-state index contributed by atoms with van der Waals surface area (Å²) in [4.78, 5) is 4.49. The molecule has 0 saturated heterocycles. The second-order valence-electron chi connectivity index (χ2n) is 3.91. The van der Waals surface area contributed by atoms with Crippen LogP contribution in [-0.4, -0.2) is 15.2 Å². The maximum atomic E-state index is 6.14. The summed E-state index contributed by atoms with van der Waals surface area (Å²) in [7, 11) is 0. The van der Waals surface area contributed by atoms with Gasteiger partial charge in [-0.05, 0) is 13.0 Å². The number of nitrogens with zero attached hydrogens (tertiary/aromatic N) is 2. The van der Waals surface area contributed by atoms with Crippen molar-refractivity contribution in [3.63, 3.8) is 0 Å². The van der Waals surface area contributed by atoms with Crippen molar-refractivity contribution in [2.24, 2.45) is 0 Å². The third-order valence-corrected chi connectivity index (χ3v) is 2.94. The van der Waals surface area contributed by atoms with E-state index in [0.717, 1.165) is 28.0 Å². The Hall–Kier alpha value is -1.87. The maximum Gasteiger partial charge on any atom is 0.130 e. The zero-order valence-corrected chi connectivity index (χ0v) is 9.99. The van der Waals surface area contributed by atoms with Crippen molar-refractivity contribution in [3.8, 4) is 11.3 Å². The van der Waals surface area contributed by atoms with Crippen LogP contribution < -0.4 is 0 Å². The molecule has 0 aliphatic carbocycles. The Kier molecular flexibility index (Phi) is 2.34. The van der Waals surface area contributed by atoms with Crippen molar-refractivity contribution in [3.05, 3.63) is 47.1 Å². The first-order valence-electron chi connectivity index (χ1n) is 5.32. The zero-order valence-electron chi connectivity index (χ0n) is 9.24. The molecule has 0 amide bonds. The van der Waals surface area contributed by atoms with E-state index in [9.17, 15) is 0 Å². The Morgan fingerprint density at radius 1 is 1.12 bits per heavy atom. The number of rotatable bonds is 1. The fourth-order valence-electron chi connectivity index (χ4n) is 1.88. The predicted molar refractivity (Wildman–Crippen MR) is 69.1 cm³/mol. The molecule has 84 valence electrons. The first kappa shape index (κ1) is 10.3. The molecule has 0 aliphatic rings. The van der Waals surface area contributed by atoms with Crippen LogP contribution in [0.4, 0.5) is 0 Å². The van der Waals surface area contributed by atoms with Gasteiger partial charge < -0.3 is 0 Å². The summed E-state index contributed by atoms with van der Waals surface area (Å²) >= 11 is 6.14. The molecule has 0 saturated carbocycles. The summed E-state index contributed by atoms with van der Waals surface area (Å²) in [6.07, 6.45) is 0. The van der Waals surface area contributed by atoms with Gasteiger partial charge in [-0.1, -0.05) is 41.9 Å². The molecule has 0 aliphatic heterocycles. The van der Waals surface area contributed by atoms with Crippen LogP contribution in [0.25, 0.3) is 22.3 Å². The van der Waals surface area contributed by atoms with Gasteiger partial charge >= 0.3 is 0 Å². The zero-order chi connectivity index (χ0) is 11.8. The molecule has 0 unspecified atom stereocenters. The van der Waals surface area contributed by atoms with Crippen LogP contribution in [0.5, 0.6) is 0 Å². The maximum absolute atomic E-state index is 6.14. The average Bonchev–Trinajstić information content (AvgIpc) is 2.74. The Labute approximate surface area is 103 Å². The van der Waals surface area contributed by atoms with Gasteiger partial charge in [0, 0.05) is 11.3 Å². The van der Waals surface area contributed by atoms with E-state index < -0.39 is 0 Å². The lowest BCUT2D eigenvalue weighted by atomic mass is 10.1. The Morgan fingerprint density at radius 3 is 2.65 bits per heavy atom. The first-order chi connectivity index (χ1) is 8.25.